The molecule has 1 aromatic rings. The summed E-state index contributed by atoms with van der Waals surface area (Å²) in [5, 5.41) is 9.50. The predicted molar refractivity (Wildman–Crippen MR) is 56.1 cm³/mol. The first-order chi connectivity index (χ1) is 6.83. The highest BCUT2D eigenvalue weighted by atomic mass is 16.6. The van der Waals surface area contributed by atoms with Crippen molar-refractivity contribution in [2.75, 3.05) is 0 Å². The van der Waals surface area contributed by atoms with Crippen LogP contribution in [-0.2, 0) is 0 Å². The molecule has 0 spiro atoms. The molecule has 0 aromatic heterocycles. The van der Waals surface area contributed by atoms with E-state index in [1.54, 1.807) is 24.3 Å². The maximum Gasteiger partial charge on any atom is 0.197 e. The first-order valence-electron chi connectivity index (χ1n) is 5.13. The Labute approximate surface area is 85.5 Å². The van der Waals surface area contributed by atoms with Gasteiger partial charge in [0, 0.05) is 6.42 Å². The molecule has 0 fully saturated rings. The molecule has 0 aliphatic heterocycles. The van der Waals surface area contributed by atoms with Crippen LogP contribution in [0.5, 0.6) is 5.75 Å². The minimum Gasteiger partial charge on any atom is -0.465 e. The summed E-state index contributed by atoms with van der Waals surface area (Å²) >= 11 is 0. The van der Waals surface area contributed by atoms with Crippen molar-refractivity contribution in [3.05, 3.63) is 30.3 Å². The van der Waals surface area contributed by atoms with E-state index in [0.717, 1.165) is 19.3 Å². The van der Waals surface area contributed by atoms with Crippen LogP contribution < -0.4 is 4.74 Å². The largest absolute Gasteiger partial charge is 0.465 e. The maximum atomic E-state index is 9.50. The van der Waals surface area contributed by atoms with Gasteiger partial charge in [-0.1, -0.05) is 31.9 Å². The third-order valence-corrected chi connectivity index (χ3v) is 2.01. The third kappa shape index (κ3) is 4.28. The molecule has 1 unspecified atom stereocenters. The molecule has 1 aromatic carbocycles. The van der Waals surface area contributed by atoms with E-state index in [9.17, 15) is 5.11 Å². The third-order valence-electron chi connectivity index (χ3n) is 2.01. The van der Waals surface area contributed by atoms with Crippen molar-refractivity contribution < 1.29 is 9.84 Å². The topological polar surface area (TPSA) is 29.5 Å². The van der Waals surface area contributed by atoms with Gasteiger partial charge in [0.25, 0.3) is 0 Å². The molecule has 0 aliphatic rings. The number of ether oxygens (including phenoxy) is 1. The van der Waals surface area contributed by atoms with E-state index in [1.165, 1.54) is 0 Å². The highest BCUT2D eigenvalue weighted by Crippen LogP contribution is 2.12. The molecule has 2 heteroatoms. The summed E-state index contributed by atoms with van der Waals surface area (Å²) in [6, 6.07) is 10.0. The highest BCUT2D eigenvalue weighted by molar-refractivity contribution is 5.20. The van der Waals surface area contributed by atoms with Crippen molar-refractivity contribution >= 4 is 0 Å². The van der Waals surface area contributed by atoms with E-state index in [0.29, 0.717) is 12.2 Å². The fourth-order valence-electron chi connectivity index (χ4n) is 1.24. The van der Waals surface area contributed by atoms with Gasteiger partial charge in [0.1, 0.15) is 5.75 Å². The van der Waals surface area contributed by atoms with E-state index >= 15 is 0 Å². The van der Waals surface area contributed by atoms with Crippen molar-refractivity contribution in [1.82, 2.24) is 0 Å². The van der Waals surface area contributed by atoms with E-state index in [2.05, 4.69) is 13.0 Å². The van der Waals surface area contributed by atoms with E-state index in [4.69, 9.17) is 4.74 Å². The molecule has 0 saturated heterocycles. The summed E-state index contributed by atoms with van der Waals surface area (Å²) in [4.78, 5) is 0. The maximum absolute atomic E-state index is 9.50. The van der Waals surface area contributed by atoms with Crippen molar-refractivity contribution in [1.29, 1.82) is 0 Å². The summed E-state index contributed by atoms with van der Waals surface area (Å²) < 4.78 is 5.30. The number of hydrogen-bond acceptors (Lipinski definition) is 2. The van der Waals surface area contributed by atoms with Gasteiger partial charge in [-0.25, -0.2) is 0 Å². The van der Waals surface area contributed by atoms with Crippen molar-refractivity contribution in [3.63, 3.8) is 0 Å². The molecule has 14 heavy (non-hydrogen) atoms. The quantitative estimate of drug-likeness (QED) is 0.556. The Kier molecular flexibility index (Phi) is 5.08. The summed E-state index contributed by atoms with van der Waals surface area (Å²) in [5.41, 5.74) is 0. The predicted octanol–water partition coefficient (Wildman–Crippen LogP) is 2.76. The average Bonchev–Trinajstić information content (AvgIpc) is 2.20. The van der Waals surface area contributed by atoms with Crippen LogP contribution in [0.2, 0.25) is 0 Å². The second-order valence-corrected chi connectivity index (χ2v) is 3.30. The average molecular weight is 193 g/mol. The number of aliphatic hydroxyl groups is 1. The Balaban J connectivity index is 2.23. The molecule has 0 saturated carbocycles. The molecule has 0 amide bonds. The molecule has 2 nitrogen and oxygen atoms in total. The summed E-state index contributed by atoms with van der Waals surface area (Å²) in [6.07, 6.45) is 3.34. The molecule has 0 aliphatic carbocycles. The van der Waals surface area contributed by atoms with Crippen LogP contribution in [0, 0.1) is 6.07 Å². The Bertz CT molecular complexity index is 233. The summed E-state index contributed by atoms with van der Waals surface area (Å²) in [5.74, 6) is 0.702. The van der Waals surface area contributed by atoms with Gasteiger partial charge in [0.15, 0.2) is 6.29 Å². The first kappa shape index (κ1) is 11.1. The van der Waals surface area contributed by atoms with Gasteiger partial charge in [0.2, 0.25) is 0 Å². The molecular formula is C12H17O2. The molecule has 1 rings (SSSR count). The smallest absolute Gasteiger partial charge is 0.197 e. The zero-order valence-corrected chi connectivity index (χ0v) is 8.57. The number of benzene rings is 1. The van der Waals surface area contributed by atoms with Gasteiger partial charge < -0.3 is 9.84 Å². The highest BCUT2D eigenvalue weighted by Gasteiger charge is 2.04. The molecular weight excluding hydrogens is 176 g/mol. The number of hydrogen-bond donors (Lipinski definition) is 1. The van der Waals surface area contributed by atoms with Gasteiger partial charge in [-0.2, -0.15) is 0 Å². The Hall–Kier alpha value is -1.02. The Morgan fingerprint density at radius 3 is 2.71 bits per heavy atom. The van der Waals surface area contributed by atoms with Crippen LogP contribution >= 0.6 is 0 Å². The van der Waals surface area contributed by atoms with Crippen LogP contribution in [0.4, 0.5) is 0 Å². The lowest BCUT2D eigenvalue weighted by Gasteiger charge is -2.12. The van der Waals surface area contributed by atoms with Gasteiger partial charge >= 0.3 is 0 Å². The SMILES string of the molecule is CCCCCC(O)Oc1cc[c]cc1. The van der Waals surface area contributed by atoms with Gasteiger partial charge in [0.05, 0.1) is 0 Å². The van der Waals surface area contributed by atoms with Crippen LogP contribution in [0.25, 0.3) is 0 Å². The number of unbranched alkanes of at least 4 members (excludes halogenated alkanes) is 2. The zero-order valence-electron chi connectivity index (χ0n) is 8.57. The normalized spacial score (nSPS) is 12.4. The Morgan fingerprint density at radius 2 is 2.07 bits per heavy atom. The minimum absolute atomic E-state index is 0.677. The molecule has 1 atom stereocenters. The zero-order chi connectivity index (χ0) is 10.2. The van der Waals surface area contributed by atoms with Gasteiger partial charge in [-0.15, -0.1) is 0 Å². The number of aliphatic hydroxyl groups excluding tert-OH is 1. The van der Waals surface area contributed by atoms with Gasteiger partial charge in [-0.05, 0) is 24.6 Å². The van der Waals surface area contributed by atoms with E-state index in [1.807, 2.05) is 0 Å². The lowest BCUT2D eigenvalue weighted by Crippen LogP contribution is -2.14. The fraction of sp³-hybridized carbons (Fsp3) is 0.500. The Morgan fingerprint density at radius 1 is 1.36 bits per heavy atom. The lowest BCUT2D eigenvalue weighted by molar-refractivity contribution is -0.0245. The summed E-state index contributed by atoms with van der Waals surface area (Å²) in [6.45, 7) is 2.14. The minimum atomic E-state index is -0.677. The van der Waals surface area contributed by atoms with Crippen LogP contribution in [0.3, 0.4) is 0 Å². The van der Waals surface area contributed by atoms with Crippen LogP contribution in [-0.4, -0.2) is 11.4 Å². The van der Waals surface area contributed by atoms with Crippen LogP contribution in [0.15, 0.2) is 24.3 Å². The lowest BCUT2D eigenvalue weighted by atomic mass is 10.2. The second kappa shape index (κ2) is 6.44. The van der Waals surface area contributed by atoms with Crippen molar-refractivity contribution in [3.8, 4) is 5.75 Å². The molecule has 0 bridgehead atoms. The molecule has 0 heterocycles. The fourth-order valence-corrected chi connectivity index (χ4v) is 1.24. The molecule has 1 radical (unpaired) electrons. The number of rotatable bonds is 6. The van der Waals surface area contributed by atoms with E-state index in [-0.39, 0.29) is 0 Å². The van der Waals surface area contributed by atoms with Gasteiger partial charge in [-0.3, -0.25) is 0 Å². The molecule has 77 valence electrons. The van der Waals surface area contributed by atoms with E-state index < -0.39 is 6.29 Å². The second-order valence-electron chi connectivity index (χ2n) is 3.30. The van der Waals surface area contributed by atoms with Crippen molar-refractivity contribution in [2.45, 2.75) is 38.9 Å². The standard InChI is InChI=1S/C12H17O2/c1-2-3-5-10-12(13)14-11-8-6-4-7-9-11/h6-9,12-13H,2-3,5,10H2,1H3. The molecule has 1 N–H and O–H groups in total. The monoisotopic (exact) mass is 193 g/mol. The summed E-state index contributed by atoms with van der Waals surface area (Å²) in [7, 11) is 0. The van der Waals surface area contributed by atoms with Crippen LogP contribution in [0.1, 0.15) is 32.6 Å². The first-order valence-corrected chi connectivity index (χ1v) is 5.13. The van der Waals surface area contributed by atoms with Crippen molar-refractivity contribution in [2.24, 2.45) is 0 Å².